The first-order valence-corrected chi connectivity index (χ1v) is 10.5. The number of fused-ring (bicyclic) bond motifs is 1. The number of nitriles is 1. The molecule has 3 aromatic rings. The molecule has 1 aliphatic heterocycles. The monoisotopic (exact) mass is 438 g/mol. The first-order valence-electron chi connectivity index (χ1n) is 9.38. The molecule has 1 aliphatic rings. The van der Waals surface area contributed by atoms with Crippen LogP contribution in [0.1, 0.15) is 5.56 Å². The van der Waals surface area contributed by atoms with Crippen LogP contribution in [0.2, 0.25) is 0 Å². The Bertz CT molecular complexity index is 1170. The summed E-state index contributed by atoms with van der Waals surface area (Å²) in [5, 5.41) is 20.8. The summed E-state index contributed by atoms with van der Waals surface area (Å²) in [5.41, 5.74) is 7.75. The molecule has 0 unspecified atom stereocenters. The summed E-state index contributed by atoms with van der Waals surface area (Å²) in [6.07, 6.45) is 3.23. The van der Waals surface area contributed by atoms with Crippen LogP contribution < -0.4 is 10.5 Å². The second kappa shape index (κ2) is 8.63. The number of nitro groups is 1. The number of nitrogens with zero attached hydrogens (tertiary/aromatic N) is 4. The van der Waals surface area contributed by atoms with Crippen LogP contribution in [0.3, 0.4) is 0 Å². The average molecular weight is 438 g/mol. The molecule has 3 N–H and O–H groups in total. The average Bonchev–Trinajstić information content (AvgIpc) is 3.40. The second-order valence-corrected chi connectivity index (χ2v) is 8.00. The lowest BCUT2D eigenvalue weighted by Gasteiger charge is -2.22. The van der Waals surface area contributed by atoms with E-state index in [-0.39, 0.29) is 17.5 Å². The van der Waals surface area contributed by atoms with Gasteiger partial charge in [0, 0.05) is 35.0 Å². The minimum absolute atomic E-state index is 0.121. The normalized spacial score (nSPS) is 16.8. The Morgan fingerprint density at radius 3 is 3.03 bits per heavy atom. The fourth-order valence-electron chi connectivity index (χ4n) is 3.36. The molecule has 0 spiro atoms. The quantitative estimate of drug-likeness (QED) is 0.440. The van der Waals surface area contributed by atoms with E-state index in [4.69, 9.17) is 10.5 Å². The minimum atomic E-state index is -0.769. The topological polar surface area (TPSA) is 151 Å². The number of benzene rings is 1. The van der Waals surface area contributed by atoms with Gasteiger partial charge >= 0.3 is 0 Å². The van der Waals surface area contributed by atoms with Crippen molar-refractivity contribution < 1.29 is 14.5 Å². The van der Waals surface area contributed by atoms with E-state index in [9.17, 15) is 20.2 Å². The maximum Gasteiger partial charge on any atom is 0.287 e. The largest absolute Gasteiger partial charge is 0.439 e. The van der Waals surface area contributed by atoms with Crippen LogP contribution in [-0.2, 0) is 11.2 Å². The van der Waals surface area contributed by atoms with Crippen molar-refractivity contribution in [3.8, 4) is 17.7 Å². The fourth-order valence-corrected chi connectivity index (χ4v) is 4.44. The Labute approximate surface area is 181 Å². The Morgan fingerprint density at radius 2 is 2.32 bits per heavy atom. The molecule has 0 bridgehead atoms. The Balaban J connectivity index is 1.51. The van der Waals surface area contributed by atoms with E-state index in [1.54, 1.807) is 18.3 Å². The van der Waals surface area contributed by atoms with E-state index in [1.807, 2.05) is 6.07 Å². The molecule has 2 aromatic heterocycles. The number of pyridine rings is 1. The van der Waals surface area contributed by atoms with Gasteiger partial charge in [0.2, 0.25) is 11.8 Å². The van der Waals surface area contributed by atoms with Gasteiger partial charge in [-0.15, -0.1) is 11.8 Å². The van der Waals surface area contributed by atoms with Crippen molar-refractivity contribution in [2.24, 2.45) is 5.73 Å². The highest BCUT2D eigenvalue weighted by molar-refractivity contribution is 7.99. The van der Waals surface area contributed by atoms with Crippen molar-refractivity contribution in [2.75, 3.05) is 11.6 Å². The predicted octanol–water partition coefficient (Wildman–Crippen LogP) is 2.56. The zero-order valence-corrected chi connectivity index (χ0v) is 17.0. The summed E-state index contributed by atoms with van der Waals surface area (Å²) in [4.78, 5) is 31.5. The standard InChI is InChI=1S/C20H18N6O4S/c21-7-14-10-31-11-25(14)20(27)17(22)5-12-8-23-18-3-2-15(6-16(12)18)30-19-4-1-13(9-24-19)26(28)29/h1-4,6,8-9,14,17,23H,5,10-11,22H2/t14-,17+/m1/s1. The summed E-state index contributed by atoms with van der Waals surface area (Å²) >= 11 is 1.54. The number of rotatable bonds is 6. The molecule has 3 heterocycles. The summed E-state index contributed by atoms with van der Waals surface area (Å²) in [6, 6.07) is 9.04. The highest BCUT2D eigenvalue weighted by Crippen LogP contribution is 2.28. The molecule has 0 saturated carbocycles. The lowest BCUT2D eigenvalue weighted by atomic mass is 10.0. The van der Waals surface area contributed by atoms with Crippen LogP contribution in [-0.4, -0.2) is 49.4 Å². The number of hydrogen-bond acceptors (Lipinski definition) is 8. The number of H-pyrrole nitrogens is 1. The van der Waals surface area contributed by atoms with Gasteiger partial charge in [0.1, 0.15) is 18.0 Å². The van der Waals surface area contributed by atoms with Gasteiger partial charge in [-0.05, 0) is 30.2 Å². The van der Waals surface area contributed by atoms with Gasteiger partial charge in [0.25, 0.3) is 5.69 Å². The number of aromatic nitrogens is 2. The van der Waals surface area contributed by atoms with E-state index in [0.717, 1.165) is 22.7 Å². The Morgan fingerprint density at radius 1 is 1.48 bits per heavy atom. The first kappa shape index (κ1) is 20.6. The lowest BCUT2D eigenvalue weighted by Crippen LogP contribution is -2.47. The van der Waals surface area contributed by atoms with Crippen molar-refractivity contribution in [1.29, 1.82) is 5.26 Å². The number of ether oxygens (including phenoxy) is 1. The van der Waals surface area contributed by atoms with Crippen LogP contribution >= 0.6 is 11.8 Å². The van der Waals surface area contributed by atoms with E-state index in [0.29, 0.717) is 23.8 Å². The molecular weight excluding hydrogens is 420 g/mol. The molecule has 0 aliphatic carbocycles. The summed E-state index contributed by atoms with van der Waals surface area (Å²) in [6.45, 7) is 0. The molecule has 158 valence electrons. The number of carbonyl (C=O) groups is 1. The SMILES string of the molecule is N#C[C@@H]1CSCN1C(=O)[C@@H](N)Cc1c[nH]c2ccc(Oc3ccc([N+](=O)[O-])cn3)cc12. The highest BCUT2D eigenvalue weighted by Gasteiger charge is 2.32. The lowest BCUT2D eigenvalue weighted by molar-refractivity contribution is -0.385. The van der Waals surface area contributed by atoms with Crippen LogP contribution in [0.15, 0.2) is 42.7 Å². The first-order chi connectivity index (χ1) is 15.0. The molecule has 0 radical (unpaired) electrons. The van der Waals surface area contributed by atoms with Gasteiger partial charge in [-0.25, -0.2) is 4.98 Å². The van der Waals surface area contributed by atoms with Crippen LogP contribution in [0.25, 0.3) is 10.9 Å². The number of amides is 1. The molecule has 11 heteroatoms. The molecule has 31 heavy (non-hydrogen) atoms. The third-order valence-corrected chi connectivity index (χ3v) is 5.98. The summed E-state index contributed by atoms with van der Waals surface area (Å²) < 4.78 is 5.72. The van der Waals surface area contributed by atoms with Gasteiger partial charge in [0.05, 0.1) is 22.9 Å². The van der Waals surface area contributed by atoms with E-state index in [1.165, 1.54) is 28.8 Å². The maximum absolute atomic E-state index is 12.7. The van der Waals surface area contributed by atoms with E-state index in [2.05, 4.69) is 16.0 Å². The number of nitrogens with two attached hydrogens (primary N) is 1. The molecule has 2 atom stereocenters. The molecule has 10 nitrogen and oxygen atoms in total. The predicted molar refractivity (Wildman–Crippen MR) is 115 cm³/mol. The van der Waals surface area contributed by atoms with Crippen molar-refractivity contribution in [3.05, 3.63) is 58.4 Å². The maximum atomic E-state index is 12.7. The minimum Gasteiger partial charge on any atom is -0.439 e. The van der Waals surface area contributed by atoms with Gasteiger partial charge in [0.15, 0.2) is 0 Å². The molecule has 1 amide bonds. The number of thioether (sulfide) groups is 1. The van der Waals surface area contributed by atoms with Gasteiger partial charge in [-0.2, -0.15) is 5.26 Å². The zero-order chi connectivity index (χ0) is 22.0. The van der Waals surface area contributed by atoms with Gasteiger partial charge < -0.3 is 20.4 Å². The molecular formula is C20H18N6O4S. The Hall–Kier alpha value is -3.62. The number of hydrogen-bond donors (Lipinski definition) is 2. The smallest absolute Gasteiger partial charge is 0.287 e. The van der Waals surface area contributed by atoms with Crippen molar-refractivity contribution in [1.82, 2.24) is 14.9 Å². The van der Waals surface area contributed by atoms with Crippen LogP contribution in [0.4, 0.5) is 5.69 Å². The van der Waals surface area contributed by atoms with Gasteiger partial charge in [-0.1, -0.05) is 0 Å². The fraction of sp³-hybridized carbons (Fsp3) is 0.250. The Kier molecular flexibility index (Phi) is 5.75. The van der Waals surface area contributed by atoms with Crippen molar-refractivity contribution >= 4 is 34.3 Å². The molecule has 4 rings (SSSR count). The third kappa shape index (κ3) is 4.30. The number of aromatic amines is 1. The second-order valence-electron chi connectivity index (χ2n) is 7.00. The van der Waals surface area contributed by atoms with E-state index < -0.39 is 17.0 Å². The number of nitrogens with one attached hydrogen (secondary N) is 1. The summed E-state index contributed by atoms with van der Waals surface area (Å²) in [5.74, 6) is 1.55. The molecule has 1 aromatic carbocycles. The molecule has 1 fully saturated rings. The van der Waals surface area contributed by atoms with Crippen molar-refractivity contribution in [2.45, 2.75) is 18.5 Å². The van der Waals surface area contributed by atoms with Crippen LogP contribution in [0.5, 0.6) is 11.6 Å². The zero-order valence-electron chi connectivity index (χ0n) is 16.2. The van der Waals surface area contributed by atoms with Crippen molar-refractivity contribution in [3.63, 3.8) is 0 Å². The van der Waals surface area contributed by atoms with Crippen LogP contribution in [0, 0.1) is 21.4 Å². The molecule has 1 saturated heterocycles. The highest BCUT2D eigenvalue weighted by atomic mass is 32.2. The number of carbonyl (C=O) groups excluding carboxylic acids is 1. The summed E-state index contributed by atoms with van der Waals surface area (Å²) in [7, 11) is 0. The van der Waals surface area contributed by atoms with E-state index >= 15 is 0 Å². The van der Waals surface area contributed by atoms with Gasteiger partial charge in [-0.3, -0.25) is 14.9 Å². The third-order valence-electron chi connectivity index (χ3n) is 4.96.